The summed E-state index contributed by atoms with van der Waals surface area (Å²) in [6.45, 7) is 4.02. The summed E-state index contributed by atoms with van der Waals surface area (Å²) >= 11 is 0. The van der Waals surface area contributed by atoms with Crippen molar-refractivity contribution >= 4 is 0 Å². The summed E-state index contributed by atoms with van der Waals surface area (Å²) < 4.78 is 2.31. The largest absolute Gasteiger partial charge is 0.330 e. The average molecular weight is 259 g/mol. The van der Waals surface area contributed by atoms with Crippen LogP contribution in [0.4, 0.5) is 0 Å². The number of aromatic amines is 1. The van der Waals surface area contributed by atoms with Crippen LogP contribution >= 0.6 is 0 Å². The minimum absolute atomic E-state index is 0.716. The number of rotatable bonds is 7. The molecule has 0 bridgehead atoms. The highest BCUT2D eigenvalue weighted by Crippen LogP contribution is 2.35. The fourth-order valence-corrected chi connectivity index (χ4v) is 2.40. The van der Waals surface area contributed by atoms with Gasteiger partial charge in [-0.3, -0.25) is 5.10 Å². The van der Waals surface area contributed by atoms with Crippen LogP contribution in [-0.2, 0) is 13.0 Å². The lowest BCUT2D eigenvalue weighted by atomic mass is 10.1. The number of nitrogens with zero attached hydrogens (tertiary/aromatic N) is 3. The van der Waals surface area contributed by atoms with E-state index in [-0.39, 0.29) is 0 Å². The van der Waals surface area contributed by atoms with Gasteiger partial charge in [0.25, 0.3) is 0 Å². The molecule has 0 atom stereocenters. The molecule has 0 aliphatic heterocycles. The van der Waals surface area contributed by atoms with Crippen molar-refractivity contribution in [1.82, 2.24) is 25.1 Å². The highest BCUT2D eigenvalue weighted by atomic mass is 15.1. The molecule has 3 rings (SSSR count). The van der Waals surface area contributed by atoms with Crippen LogP contribution in [0.1, 0.15) is 42.3 Å². The summed E-state index contributed by atoms with van der Waals surface area (Å²) in [4.78, 5) is 4.25. The van der Waals surface area contributed by atoms with Crippen LogP contribution in [0.15, 0.2) is 18.7 Å². The maximum Gasteiger partial charge on any atom is 0.0951 e. The molecular weight excluding hydrogens is 238 g/mol. The summed E-state index contributed by atoms with van der Waals surface area (Å²) in [6, 6.07) is 0.716. The molecule has 0 aromatic carbocycles. The van der Waals surface area contributed by atoms with Gasteiger partial charge in [0.1, 0.15) is 0 Å². The third kappa shape index (κ3) is 3.04. The lowest BCUT2D eigenvalue weighted by molar-refractivity contribution is 0.603. The van der Waals surface area contributed by atoms with Gasteiger partial charge in [-0.2, -0.15) is 5.10 Å². The molecule has 0 radical (unpaired) electrons. The van der Waals surface area contributed by atoms with Crippen molar-refractivity contribution in [3.8, 4) is 0 Å². The number of hydrogen-bond acceptors (Lipinski definition) is 3. The van der Waals surface area contributed by atoms with Gasteiger partial charge in [-0.25, -0.2) is 4.98 Å². The van der Waals surface area contributed by atoms with E-state index in [0.717, 1.165) is 25.9 Å². The van der Waals surface area contributed by atoms with Gasteiger partial charge in [0.15, 0.2) is 0 Å². The van der Waals surface area contributed by atoms with Crippen molar-refractivity contribution in [2.45, 2.75) is 45.2 Å². The zero-order chi connectivity index (χ0) is 13.1. The second-order valence-corrected chi connectivity index (χ2v) is 5.32. The zero-order valence-corrected chi connectivity index (χ0v) is 11.4. The smallest absolute Gasteiger partial charge is 0.0951 e. The van der Waals surface area contributed by atoms with Crippen molar-refractivity contribution in [3.63, 3.8) is 0 Å². The van der Waals surface area contributed by atoms with Gasteiger partial charge in [0, 0.05) is 24.5 Å². The van der Waals surface area contributed by atoms with Gasteiger partial charge < -0.3 is 9.88 Å². The third-order valence-corrected chi connectivity index (χ3v) is 3.73. The van der Waals surface area contributed by atoms with E-state index in [1.165, 1.54) is 29.8 Å². The minimum atomic E-state index is 0.716. The topological polar surface area (TPSA) is 58.5 Å². The molecule has 1 aliphatic carbocycles. The van der Waals surface area contributed by atoms with E-state index in [2.05, 4.69) is 32.0 Å². The van der Waals surface area contributed by atoms with E-state index in [0.29, 0.717) is 6.04 Å². The Balaban J connectivity index is 1.39. The number of H-pyrrole nitrogens is 1. The predicted octanol–water partition coefficient (Wildman–Crippen LogP) is 1.97. The molecule has 1 fully saturated rings. The van der Waals surface area contributed by atoms with E-state index in [1.54, 1.807) is 0 Å². The predicted molar refractivity (Wildman–Crippen MR) is 73.9 cm³/mol. The molecule has 2 N–H and O–H groups in total. The van der Waals surface area contributed by atoms with E-state index >= 15 is 0 Å². The Morgan fingerprint density at radius 2 is 2.32 bits per heavy atom. The van der Waals surface area contributed by atoms with Crippen LogP contribution in [0, 0.1) is 6.92 Å². The molecule has 5 nitrogen and oxygen atoms in total. The number of aryl methyl sites for hydroxylation is 2. The summed E-state index contributed by atoms with van der Waals surface area (Å²) in [6.07, 6.45) is 10.7. The van der Waals surface area contributed by atoms with Crippen molar-refractivity contribution in [3.05, 3.63) is 35.7 Å². The maximum absolute atomic E-state index is 4.25. The highest BCUT2D eigenvalue weighted by molar-refractivity contribution is 5.14. The molecule has 0 unspecified atom stereocenters. The lowest BCUT2D eigenvalue weighted by Crippen LogP contribution is -2.17. The van der Waals surface area contributed by atoms with Crippen LogP contribution in [0.5, 0.6) is 0 Å². The summed E-state index contributed by atoms with van der Waals surface area (Å²) in [5.74, 6) is 0. The molecule has 102 valence electrons. The normalized spacial score (nSPS) is 15.0. The van der Waals surface area contributed by atoms with Crippen LogP contribution in [0.3, 0.4) is 0 Å². The summed E-state index contributed by atoms with van der Waals surface area (Å²) in [5, 5.41) is 10.5. The van der Waals surface area contributed by atoms with E-state index < -0.39 is 0 Å². The van der Waals surface area contributed by atoms with Crippen molar-refractivity contribution in [2.24, 2.45) is 0 Å². The van der Waals surface area contributed by atoms with Crippen LogP contribution in [0.25, 0.3) is 0 Å². The molecule has 0 saturated heterocycles. The van der Waals surface area contributed by atoms with E-state index in [4.69, 9.17) is 0 Å². The van der Waals surface area contributed by atoms with E-state index in [9.17, 15) is 0 Å². The Kier molecular flexibility index (Phi) is 3.64. The molecule has 5 heteroatoms. The van der Waals surface area contributed by atoms with Gasteiger partial charge >= 0.3 is 0 Å². The van der Waals surface area contributed by atoms with Gasteiger partial charge in [-0.05, 0) is 44.7 Å². The van der Waals surface area contributed by atoms with Gasteiger partial charge in [0.05, 0.1) is 18.2 Å². The SMILES string of the molecule is Cc1[nH]ncc1CCCNCc1cncn1C1CC1. The molecule has 2 aromatic heterocycles. The fraction of sp³-hybridized carbons (Fsp3) is 0.571. The summed E-state index contributed by atoms with van der Waals surface area (Å²) in [7, 11) is 0. The van der Waals surface area contributed by atoms with Crippen LogP contribution in [0.2, 0.25) is 0 Å². The van der Waals surface area contributed by atoms with Crippen molar-refractivity contribution in [1.29, 1.82) is 0 Å². The standard InChI is InChI=1S/C14H21N5/c1-11-12(7-17-18-11)3-2-6-15-8-14-9-16-10-19(14)13-4-5-13/h7,9-10,13,15H,2-6,8H2,1H3,(H,17,18). The third-order valence-electron chi connectivity index (χ3n) is 3.73. The van der Waals surface area contributed by atoms with Crippen molar-refractivity contribution < 1.29 is 0 Å². The molecular formula is C14H21N5. The number of hydrogen-bond donors (Lipinski definition) is 2. The Hall–Kier alpha value is -1.62. The number of imidazole rings is 1. The minimum Gasteiger partial charge on any atom is -0.330 e. The Morgan fingerprint density at radius 1 is 1.42 bits per heavy atom. The molecule has 0 spiro atoms. The van der Waals surface area contributed by atoms with Gasteiger partial charge in [0.2, 0.25) is 0 Å². The first-order valence-electron chi connectivity index (χ1n) is 7.05. The molecule has 2 aromatic rings. The monoisotopic (exact) mass is 259 g/mol. The van der Waals surface area contributed by atoms with Crippen LogP contribution in [-0.4, -0.2) is 26.3 Å². The van der Waals surface area contributed by atoms with Crippen molar-refractivity contribution in [2.75, 3.05) is 6.54 Å². The second-order valence-electron chi connectivity index (χ2n) is 5.32. The lowest BCUT2D eigenvalue weighted by Gasteiger charge is -2.07. The molecule has 1 aliphatic rings. The second kappa shape index (κ2) is 5.57. The maximum atomic E-state index is 4.25. The average Bonchev–Trinajstić information content (AvgIpc) is 3.01. The Bertz CT molecular complexity index is 523. The Labute approximate surface area is 113 Å². The Morgan fingerprint density at radius 3 is 3.05 bits per heavy atom. The molecule has 1 saturated carbocycles. The molecule has 19 heavy (non-hydrogen) atoms. The zero-order valence-electron chi connectivity index (χ0n) is 11.4. The van der Waals surface area contributed by atoms with Gasteiger partial charge in [-0.15, -0.1) is 0 Å². The van der Waals surface area contributed by atoms with Gasteiger partial charge in [-0.1, -0.05) is 0 Å². The van der Waals surface area contributed by atoms with Crippen LogP contribution < -0.4 is 5.32 Å². The first-order valence-corrected chi connectivity index (χ1v) is 7.05. The molecule has 0 amide bonds. The van der Waals surface area contributed by atoms with E-state index in [1.807, 2.05) is 18.7 Å². The first kappa shape index (κ1) is 12.4. The fourth-order valence-electron chi connectivity index (χ4n) is 2.40. The quantitative estimate of drug-likeness (QED) is 0.747. The summed E-state index contributed by atoms with van der Waals surface area (Å²) in [5.41, 5.74) is 3.82. The first-order chi connectivity index (χ1) is 9.34. The number of aromatic nitrogens is 4. The number of nitrogens with one attached hydrogen (secondary N) is 2. The highest BCUT2D eigenvalue weighted by Gasteiger charge is 2.24. The molecule has 2 heterocycles.